The normalized spacial score (nSPS) is 16.8. The van der Waals surface area contributed by atoms with Crippen LogP contribution in [-0.2, 0) is 33.4 Å². The van der Waals surface area contributed by atoms with E-state index in [1.165, 1.54) is 12.1 Å². The van der Waals surface area contributed by atoms with Crippen LogP contribution in [0.5, 0.6) is 0 Å². The van der Waals surface area contributed by atoms with Gasteiger partial charge in [-0.1, -0.05) is 30.3 Å². The zero-order valence-electron chi connectivity index (χ0n) is 14.7. The highest BCUT2D eigenvalue weighted by molar-refractivity contribution is 6.03. The van der Waals surface area contributed by atoms with Crippen LogP contribution in [0.15, 0.2) is 48.5 Å². The Labute approximate surface area is 158 Å². The minimum Gasteiger partial charge on any atom is -0.326 e. The van der Waals surface area contributed by atoms with Gasteiger partial charge >= 0.3 is 6.18 Å². The van der Waals surface area contributed by atoms with E-state index in [2.05, 4.69) is 10.6 Å². The van der Waals surface area contributed by atoms with Gasteiger partial charge in [0, 0.05) is 12.1 Å². The summed E-state index contributed by atoms with van der Waals surface area (Å²) in [6.45, 7) is 0. The lowest BCUT2D eigenvalue weighted by Crippen LogP contribution is -2.22. The molecule has 5 nitrogen and oxygen atoms in total. The third kappa shape index (κ3) is 4.97. The van der Waals surface area contributed by atoms with E-state index in [0.29, 0.717) is 12.1 Å². The van der Waals surface area contributed by atoms with E-state index in [0.717, 1.165) is 17.7 Å². The summed E-state index contributed by atoms with van der Waals surface area (Å²) in [5.74, 6) is -1.40. The largest absolute Gasteiger partial charge is 0.416 e. The summed E-state index contributed by atoms with van der Waals surface area (Å²) in [5.41, 5.74) is 0.802. The summed E-state index contributed by atoms with van der Waals surface area (Å²) in [6.07, 6.45) is -4.07. The average molecular weight is 390 g/mol. The summed E-state index contributed by atoms with van der Waals surface area (Å²) < 4.78 is 38.2. The SMILES string of the molecule is O=C1CC(Cc2ccc(NC(=O)Cc3cccc(C(F)(F)F)c3)cc2)C(=O)N1. The molecule has 1 fully saturated rings. The first-order chi connectivity index (χ1) is 13.2. The average Bonchev–Trinajstić information content (AvgIpc) is 2.93. The Kier molecular flexibility index (Phi) is 5.48. The van der Waals surface area contributed by atoms with E-state index < -0.39 is 23.6 Å². The van der Waals surface area contributed by atoms with E-state index in [1.807, 2.05) is 0 Å². The quantitative estimate of drug-likeness (QED) is 0.771. The van der Waals surface area contributed by atoms with E-state index in [9.17, 15) is 27.6 Å². The van der Waals surface area contributed by atoms with Gasteiger partial charge in [-0.15, -0.1) is 0 Å². The molecule has 0 aliphatic carbocycles. The lowest BCUT2D eigenvalue weighted by Gasteiger charge is -2.10. The molecule has 8 heteroatoms. The highest BCUT2D eigenvalue weighted by Crippen LogP contribution is 2.29. The van der Waals surface area contributed by atoms with Crippen LogP contribution >= 0.6 is 0 Å². The van der Waals surface area contributed by atoms with E-state index in [1.54, 1.807) is 24.3 Å². The van der Waals surface area contributed by atoms with Crippen molar-refractivity contribution in [2.45, 2.75) is 25.4 Å². The predicted molar refractivity (Wildman–Crippen MR) is 95.2 cm³/mol. The topological polar surface area (TPSA) is 75.3 Å². The molecule has 2 aromatic carbocycles. The van der Waals surface area contributed by atoms with Crippen LogP contribution in [0.2, 0.25) is 0 Å². The van der Waals surface area contributed by atoms with E-state index in [4.69, 9.17) is 0 Å². The van der Waals surface area contributed by atoms with Crippen LogP contribution in [0.1, 0.15) is 23.1 Å². The van der Waals surface area contributed by atoms with Gasteiger partial charge in [0.1, 0.15) is 0 Å². The second-order valence-electron chi connectivity index (χ2n) is 6.64. The van der Waals surface area contributed by atoms with Crippen molar-refractivity contribution in [3.8, 4) is 0 Å². The zero-order valence-corrected chi connectivity index (χ0v) is 14.7. The molecule has 2 aromatic rings. The molecule has 146 valence electrons. The number of rotatable bonds is 5. The second kappa shape index (κ2) is 7.84. The van der Waals surface area contributed by atoms with Crippen LogP contribution < -0.4 is 10.6 Å². The number of amides is 3. The number of nitrogens with one attached hydrogen (secondary N) is 2. The summed E-state index contributed by atoms with van der Waals surface area (Å²) in [5, 5.41) is 4.89. The van der Waals surface area contributed by atoms with Crippen LogP contribution in [-0.4, -0.2) is 17.7 Å². The highest BCUT2D eigenvalue weighted by Gasteiger charge is 2.31. The number of hydrogen-bond donors (Lipinski definition) is 2. The maximum atomic E-state index is 12.7. The van der Waals surface area contributed by atoms with Crippen molar-refractivity contribution >= 4 is 23.4 Å². The number of alkyl halides is 3. The number of halogens is 3. The summed E-state index contributed by atoms with van der Waals surface area (Å²) >= 11 is 0. The lowest BCUT2D eigenvalue weighted by molar-refractivity contribution is -0.137. The fourth-order valence-corrected chi connectivity index (χ4v) is 3.03. The van der Waals surface area contributed by atoms with Crippen molar-refractivity contribution < 1.29 is 27.6 Å². The summed E-state index contributed by atoms with van der Waals surface area (Å²) in [6, 6.07) is 11.4. The molecule has 0 radical (unpaired) electrons. The van der Waals surface area contributed by atoms with Gasteiger partial charge in [-0.2, -0.15) is 13.2 Å². The predicted octanol–water partition coefficient (Wildman–Crippen LogP) is 3.09. The van der Waals surface area contributed by atoms with Gasteiger partial charge in [0.25, 0.3) is 0 Å². The standard InChI is InChI=1S/C20H17F3N2O3/c21-20(22,23)15-3-1-2-13(9-15)10-17(26)24-16-6-4-12(5-7-16)8-14-11-18(27)25-19(14)28/h1-7,9,14H,8,10-11H2,(H,24,26)(H,25,27,28). The number of imide groups is 1. The third-order valence-corrected chi connectivity index (χ3v) is 4.40. The van der Waals surface area contributed by atoms with Gasteiger partial charge in [0.05, 0.1) is 17.9 Å². The van der Waals surface area contributed by atoms with E-state index in [-0.39, 0.29) is 30.2 Å². The molecule has 1 aliphatic heterocycles. The van der Waals surface area contributed by atoms with Gasteiger partial charge in [-0.25, -0.2) is 0 Å². The molecule has 1 atom stereocenters. The third-order valence-electron chi connectivity index (χ3n) is 4.40. The number of carbonyl (C=O) groups is 3. The van der Waals surface area contributed by atoms with Gasteiger partial charge in [-0.05, 0) is 35.7 Å². The minimum atomic E-state index is -4.46. The van der Waals surface area contributed by atoms with Crippen molar-refractivity contribution in [3.63, 3.8) is 0 Å². The first kappa shape index (κ1) is 19.6. The molecule has 2 N–H and O–H groups in total. The molecular formula is C20H17F3N2O3. The Bertz CT molecular complexity index is 908. The molecule has 0 spiro atoms. The smallest absolute Gasteiger partial charge is 0.326 e. The molecule has 0 saturated carbocycles. The Morgan fingerprint density at radius 1 is 1.07 bits per heavy atom. The lowest BCUT2D eigenvalue weighted by atomic mass is 9.98. The minimum absolute atomic E-state index is 0.161. The molecule has 0 bridgehead atoms. The fourth-order valence-electron chi connectivity index (χ4n) is 3.03. The molecule has 1 heterocycles. The van der Waals surface area contributed by atoms with Crippen LogP contribution in [0, 0.1) is 5.92 Å². The Morgan fingerprint density at radius 2 is 1.79 bits per heavy atom. The molecular weight excluding hydrogens is 373 g/mol. The molecule has 3 rings (SSSR count). The molecule has 3 amide bonds. The molecule has 1 saturated heterocycles. The maximum absolute atomic E-state index is 12.7. The van der Waals surface area contributed by atoms with E-state index >= 15 is 0 Å². The summed E-state index contributed by atoms with van der Waals surface area (Å²) in [4.78, 5) is 34.9. The highest BCUT2D eigenvalue weighted by atomic mass is 19.4. The van der Waals surface area contributed by atoms with Crippen molar-refractivity contribution in [2.24, 2.45) is 5.92 Å². The van der Waals surface area contributed by atoms with Crippen LogP contribution in [0.25, 0.3) is 0 Å². The first-order valence-electron chi connectivity index (χ1n) is 8.59. The molecule has 1 aliphatic rings. The Hall–Kier alpha value is -3.16. The van der Waals surface area contributed by atoms with Crippen molar-refractivity contribution in [1.82, 2.24) is 5.32 Å². The van der Waals surface area contributed by atoms with Gasteiger partial charge in [0.2, 0.25) is 17.7 Å². The molecule has 0 aromatic heterocycles. The van der Waals surface area contributed by atoms with Gasteiger partial charge < -0.3 is 5.32 Å². The van der Waals surface area contributed by atoms with Gasteiger partial charge in [0.15, 0.2) is 0 Å². The monoisotopic (exact) mass is 390 g/mol. The maximum Gasteiger partial charge on any atom is 0.416 e. The van der Waals surface area contributed by atoms with Gasteiger partial charge in [-0.3, -0.25) is 19.7 Å². The van der Waals surface area contributed by atoms with Crippen molar-refractivity contribution in [1.29, 1.82) is 0 Å². The van der Waals surface area contributed by atoms with Crippen molar-refractivity contribution in [3.05, 3.63) is 65.2 Å². The number of carbonyl (C=O) groups excluding carboxylic acids is 3. The first-order valence-corrected chi connectivity index (χ1v) is 8.59. The molecule has 1 unspecified atom stereocenters. The number of anilines is 1. The summed E-state index contributed by atoms with van der Waals surface area (Å²) in [7, 11) is 0. The second-order valence-corrected chi connectivity index (χ2v) is 6.64. The van der Waals surface area contributed by atoms with Crippen molar-refractivity contribution in [2.75, 3.05) is 5.32 Å². The number of hydrogen-bond acceptors (Lipinski definition) is 3. The Balaban J connectivity index is 1.57. The number of benzene rings is 2. The Morgan fingerprint density at radius 3 is 2.39 bits per heavy atom. The molecule has 28 heavy (non-hydrogen) atoms. The fraction of sp³-hybridized carbons (Fsp3) is 0.250. The van der Waals surface area contributed by atoms with Crippen LogP contribution in [0.4, 0.5) is 18.9 Å². The zero-order chi connectivity index (χ0) is 20.3. The van der Waals surface area contributed by atoms with Crippen LogP contribution in [0.3, 0.4) is 0 Å².